The van der Waals surface area contributed by atoms with Crippen LogP contribution < -0.4 is 32.9 Å². The summed E-state index contributed by atoms with van der Waals surface area (Å²) in [5.74, 6) is 0. The topological polar surface area (TPSA) is 4.93 Å². The predicted molar refractivity (Wildman–Crippen MR) is 119 cm³/mol. The van der Waals surface area contributed by atoms with Crippen LogP contribution in [0.5, 0.6) is 0 Å². The van der Waals surface area contributed by atoms with Gasteiger partial charge in [0.05, 0.1) is 6.16 Å². The van der Waals surface area contributed by atoms with E-state index in [9.17, 15) is 0 Å². The molecule has 28 heavy (non-hydrogen) atoms. The van der Waals surface area contributed by atoms with Gasteiger partial charge in [0.25, 0.3) is 0 Å². The number of hydrogen-bond acceptors (Lipinski definition) is 0. The Hall–Kier alpha value is -2.15. The van der Waals surface area contributed by atoms with Crippen molar-refractivity contribution in [3.8, 4) is 0 Å². The molecule has 0 fully saturated rings. The Bertz CT molecular complexity index is 884. The molecule has 3 heteroatoms. The highest BCUT2D eigenvalue weighted by Crippen LogP contribution is 2.55. The number of rotatable bonds is 6. The Morgan fingerprint density at radius 3 is 1.39 bits per heavy atom. The van der Waals surface area contributed by atoms with E-state index >= 15 is 0 Å². The van der Waals surface area contributed by atoms with E-state index < -0.39 is 7.26 Å². The van der Waals surface area contributed by atoms with E-state index in [1.165, 1.54) is 21.6 Å². The molecule has 0 saturated carbocycles. The van der Waals surface area contributed by atoms with Crippen LogP contribution in [0.3, 0.4) is 0 Å². The van der Waals surface area contributed by atoms with Crippen molar-refractivity contribution in [2.24, 2.45) is 7.05 Å². The van der Waals surface area contributed by atoms with Crippen molar-refractivity contribution in [3.05, 3.63) is 115 Å². The summed E-state index contributed by atoms with van der Waals surface area (Å²) in [5, 5.41) is 4.37. The first-order chi connectivity index (χ1) is 13.3. The molecular weight excluding hydrogens is 425 g/mol. The average molecular weight is 450 g/mol. The summed E-state index contributed by atoms with van der Waals surface area (Å²) in [6.07, 6.45) is 4.34. The standard InChI is InChI=1S/C25H25NP.BrH/c1-26-20-11-12-22(26)19-21-27(23-13-5-2-6-14-23,24-15-7-3-8-16-24)25-17-9-4-10-18-25;/h2-18,20H,19,21H2,1H3;1H/q+1;/p-1. The summed E-state index contributed by atoms with van der Waals surface area (Å²) < 4.78 is 2.25. The lowest BCUT2D eigenvalue weighted by Crippen LogP contribution is -3.00. The molecule has 0 N–H and O–H groups in total. The monoisotopic (exact) mass is 449 g/mol. The fourth-order valence-electron chi connectivity index (χ4n) is 3.92. The molecule has 0 atom stereocenters. The van der Waals surface area contributed by atoms with Gasteiger partial charge in [-0.2, -0.15) is 0 Å². The minimum Gasteiger partial charge on any atom is -1.00 e. The van der Waals surface area contributed by atoms with Crippen molar-refractivity contribution >= 4 is 23.2 Å². The van der Waals surface area contributed by atoms with Gasteiger partial charge in [-0.1, -0.05) is 54.6 Å². The van der Waals surface area contributed by atoms with Crippen LogP contribution >= 0.6 is 7.26 Å². The molecule has 142 valence electrons. The van der Waals surface area contributed by atoms with Crippen molar-refractivity contribution in [1.82, 2.24) is 4.57 Å². The Kier molecular flexibility index (Phi) is 6.88. The zero-order chi connectivity index (χ0) is 18.5. The second kappa shape index (κ2) is 9.37. The molecule has 0 spiro atoms. The third-order valence-electron chi connectivity index (χ3n) is 5.35. The largest absolute Gasteiger partial charge is 1.00 e. The van der Waals surface area contributed by atoms with Crippen LogP contribution in [0.1, 0.15) is 5.69 Å². The first-order valence-electron chi connectivity index (χ1n) is 9.46. The van der Waals surface area contributed by atoms with Gasteiger partial charge in [0.1, 0.15) is 23.2 Å². The lowest BCUT2D eigenvalue weighted by Gasteiger charge is -2.27. The Morgan fingerprint density at radius 2 is 1.04 bits per heavy atom. The van der Waals surface area contributed by atoms with Gasteiger partial charge in [-0.05, 0) is 48.5 Å². The first-order valence-corrected chi connectivity index (χ1v) is 11.4. The summed E-state index contributed by atoms with van der Waals surface area (Å²) >= 11 is 0. The molecule has 1 heterocycles. The molecule has 0 saturated heterocycles. The van der Waals surface area contributed by atoms with Gasteiger partial charge >= 0.3 is 0 Å². The number of aryl methyl sites for hydroxylation is 2. The maximum absolute atomic E-state index is 2.32. The zero-order valence-corrected chi connectivity index (χ0v) is 18.6. The lowest BCUT2D eigenvalue weighted by molar-refractivity contribution is -0.00000531. The molecule has 3 aromatic carbocycles. The third kappa shape index (κ3) is 3.99. The smallest absolute Gasteiger partial charge is 0.112 e. The highest BCUT2D eigenvalue weighted by Gasteiger charge is 2.44. The Morgan fingerprint density at radius 1 is 0.607 bits per heavy atom. The van der Waals surface area contributed by atoms with Crippen LogP contribution in [0.15, 0.2) is 109 Å². The number of hydrogen-bond donors (Lipinski definition) is 0. The predicted octanol–water partition coefficient (Wildman–Crippen LogP) is 1.57. The summed E-state index contributed by atoms with van der Waals surface area (Å²) in [6.45, 7) is 0. The Labute approximate surface area is 179 Å². The van der Waals surface area contributed by atoms with E-state index in [1.807, 2.05) is 0 Å². The SMILES string of the molecule is Cn1cccc1CC[P+](c1ccccc1)(c1ccccc1)c1ccccc1.[Br-]. The summed E-state index contributed by atoms with van der Waals surface area (Å²) in [7, 11) is 0.414. The third-order valence-corrected chi connectivity index (χ3v) is 9.78. The molecule has 1 nitrogen and oxygen atoms in total. The Balaban J connectivity index is 0.00000225. The second-order valence-electron chi connectivity index (χ2n) is 6.90. The van der Waals surface area contributed by atoms with Crippen molar-refractivity contribution in [2.75, 3.05) is 6.16 Å². The highest BCUT2D eigenvalue weighted by atomic mass is 79.9. The van der Waals surface area contributed by atoms with Gasteiger partial charge in [-0.15, -0.1) is 0 Å². The summed E-state index contributed by atoms with van der Waals surface area (Å²) in [5.41, 5.74) is 1.39. The molecule has 0 bridgehead atoms. The number of nitrogens with zero attached hydrogens (tertiary/aromatic N) is 1. The van der Waals surface area contributed by atoms with Crippen LogP contribution in [0.4, 0.5) is 0 Å². The molecule has 0 aliphatic carbocycles. The van der Waals surface area contributed by atoms with Gasteiger partial charge in [-0.3, -0.25) is 0 Å². The van der Waals surface area contributed by atoms with Crippen LogP contribution in [0.2, 0.25) is 0 Å². The van der Waals surface area contributed by atoms with E-state index in [0.717, 1.165) is 12.6 Å². The van der Waals surface area contributed by atoms with Crippen molar-refractivity contribution in [3.63, 3.8) is 0 Å². The minimum absolute atomic E-state index is 0. The average Bonchev–Trinajstić information content (AvgIpc) is 3.16. The van der Waals surface area contributed by atoms with Crippen molar-refractivity contribution in [2.45, 2.75) is 6.42 Å². The van der Waals surface area contributed by atoms with E-state index in [0.29, 0.717) is 0 Å². The first kappa shape index (κ1) is 20.6. The van der Waals surface area contributed by atoms with Gasteiger partial charge in [0.15, 0.2) is 0 Å². The van der Waals surface area contributed by atoms with Crippen molar-refractivity contribution < 1.29 is 17.0 Å². The minimum atomic E-state index is -1.73. The highest BCUT2D eigenvalue weighted by molar-refractivity contribution is 7.95. The van der Waals surface area contributed by atoms with Crippen molar-refractivity contribution in [1.29, 1.82) is 0 Å². The quantitative estimate of drug-likeness (QED) is 0.393. The van der Waals surface area contributed by atoms with Crippen LogP contribution in [-0.2, 0) is 13.5 Å². The molecule has 4 aromatic rings. The van der Waals surface area contributed by atoms with Gasteiger partial charge in [0.2, 0.25) is 0 Å². The van der Waals surface area contributed by atoms with E-state index in [2.05, 4.69) is 121 Å². The molecule has 0 aliphatic rings. The zero-order valence-electron chi connectivity index (χ0n) is 16.1. The molecule has 0 amide bonds. The van der Waals surface area contributed by atoms with E-state index in [1.54, 1.807) is 0 Å². The fraction of sp³-hybridized carbons (Fsp3) is 0.120. The number of halogens is 1. The fourth-order valence-corrected chi connectivity index (χ4v) is 8.20. The molecule has 4 rings (SSSR count). The molecule has 1 aromatic heterocycles. The van der Waals surface area contributed by atoms with Gasteiger partial charge in [-0.25, -0.2) is 0 Å². The van der Waals surface area contributed by atoms with Crippen LogP contribution in [0, 0.1) is 0 Å². The van der Waals surface area contributed by atoms with Crippen LogP contribution in [0.25, 0.3) is 0 Å². The van der Waals surface area contributed by atoms with Gasteiger partial charge in [0, 0.05) is 25.4 Å². The lowest BCUT2D eigenvalue weighted by atomic mass is 10.3. The van der Waals surface area contributed by atoms with E-state index in [-0.39, 0.29) is 17.0 Å². The maximum atomic E-state index is 2.32. The molecule has 0 radical (unpaired) electrons. The summed E-state index contributed by atoms with van der Waals surface area (Å²) in [6, 6.07) is 37.7. The molecular formula is C25H25BrNP. The van der Waals surface area contributed by atoms with Crippen LogP contribution in [-0.4, -0.2) is 10.7 Å². The molecule has 0 aliphatic heterocycles. The number of benzene rings is 3. The summed E-state index contributed by atoms with van der Waals surface area (Å²) in [4.78, 5) is 0. The normalized spacial score (nSPS) is 11.0. The number of aromatic nitrogens is 1. The van der Waals surface area contributed by atoms with E-state index in [4.69, 9.17) is 0 Å². The maximum Gasteiger partial charge on any atom is 0.112 e. The molecule has 0 unspecified atom stereocenters. The van der Waals surface area contributed by atoms with Gasteiger partial charge < -0.3 is 21.5 Å². The second-order valence-corrected chi connectivity index (χ2v) is 10.5.